The zero-order valence-electron chi connectivity index (χ0n) is 8.82. The lowest BCUT2D eigenvalue weighted by atomic mass is 10.5. The molecule has 0 saturated heterocycles. The second-order valence-corrected chi connectivity index (χ2v) is 6.24. The van der Waals surface area contributed by atoms with Crippen LogP contribution in [0.25, 0.3) is 11.1 Å². The van der Waals surface area contributed by atoms with Crippen LogP contribution in [0.4, 0.5) is 5.69 Å². The Bertz CT molecular complexity index is 619. The minimum absolute atomic E-state index is 0.507. The van der Waals surface area contributed by atoms with Crippen LogP contribution in [0.1, 0.15) is 6.92 Å². The maximum Gasteiger partial charge on any atom is 0.412 e. The predicted molar refractivity (Wildman–Crippen MR) is 61.9 cm³/mol. The van der Waals surface area contributed by atoms with Gasteiger partial charge in [0.25, 0.3) is 10.1 Å². The second kappa shape index (κ2) is 4.61. The van der Waals surface area contributed by atoms with Gasteiger partial charge in [-0.1, -0.05) is 6.07 Å². The number of hydrogen-bond acceptors (Lipinski definition) is 6. The van der Waals surface area contributed by atoms with Gasteiger partial charge in [-0.2, -0.15) is 16.8 Å². The van der Waals surface area contributed by atoms with Gasteiger partial charge in [0, 0.05) is 11.3 Å². The minimum Gasteiger partial charge on any atom is -0.398 e. The Hall–Kier alpha value is -1.16. The van der Waals surface area contributed by atoms with E-state index in [1.165, 1.54) is 18.1 Å². The second-order valence-electron chi connectivity index (χ2n) is 3.14. The van der Waals surface area contributed by atoms with Gasteiger partial charge in [-0.3, -0.25) is 4.55 Å². The third kappa shape index (κ3) is 4.69. The molecule has 9 heteroatoms. The standard InChI is InChI=1S/C6H5N.C2H6O6S2/c7-6-2-1-4-3-5(4)6;1-2-9(3,4)8-10(5,6)7/h1-3H,7H2;2H2,1H3,(H,5,6,7). The van der Waals surface area contributed by atoms with Crippen molar-refractivity contribution in [1.29, 1.82) is 0 Å². The largest absolute Gasteiger partial charge is 0.412 e. The molecule has 0 radical (unpaired) electrons. The van der Waals surface area contributed by atoms with E-state index in [2.05, 4.69) is 9.70 Å². The van der Waals surface area contributed by atoms with Crippen LogP contribution in [0, 0.1) is 0 Å². The van der Waals surface area contributed by atoms with Crippen molar-refractivity contribution in [2.75, 3.05) is 11.5 Å². The first-order valence-electron chi connectivity index (χ1n) is 4.46. The fourth-order valence-electron chi connectivity index (χ4n) is 0.956. The van der Waals surface area contributed by atoms with Gasteiger partial charge in [0.2, 0.25) is 0 Å². The van der Waals surface area contributed by atoms with Crippen LogP contribution in [-0.2, 0) is 24.1 Å². The molecule has 0 bridgehead atoms. The normalized spacial score (nSPS) is 12.6. The molecule has 17 heavy (non-hydrogen) atoms. The Balaban J connectivity index is 0.000000177. The van der Waals surface area contributed by atoms with E-state index in [1.54, 1.807) is 0 Å². The molecule has 0 aromatic heterocycles. The number of rotatable bonds is 3. The predicted octanol–water partition coefficient (Wildman–Crippen LogP) is 0.405. The molecule has 2 rings (SSSR count). The molecule has 0 saturated carbocycles. The van der Waals surface area contributed by atoms with E-state index in [1.807, 2.05) is 12.1 Å². The van der Waals surface area contributed by atoms with Crippen molar-refractivity contribution >= 4 is 26.2 Å². The molecule has 0 aromatic rings. The van der Waals surface area contributed by atoms with Crippen molar-refractivity contribution < 1.29 is 25.0 Å². The molecule has 0 aliphatic heterocycles. The average molecular weight is 281 g/mol. The van der Waals surface area contributed by atoms with Crippen molar-refractivity contribution in [3.8, 4) is 11.1 Å². The Kier molecular flexibility index (Phi) is 3.77. The summed E-state index contributed by atoms with van der Waals surface area (Å²) >= 11 is 0. The summed E-state index contributed by atoms with van der Waals surface area (Å²) in [4.78, 5) is 0. The molecular formula is C8H11NO6S2. The van der Waals surface area contributed by atoms with Gasteiger partial charge in [-0.05, 0) is 24.6 Å². The van der Waals surface area contributed by atoms with Crippen molar-refractivity contribution in [3.63, 3.8) is 0 Å². The van der Waals surface area contributed by atoms with Gasteiger partial charge in [0.15, 0.2) is 0 Å². The van der Waals surface area contributed by atoms with Crippen molar-refractivity contribution in [2.24, 2.45) is 0 Å². The first-order valence-corrected chi connectivity index (χ1v) is 7.40. The molecule has 0 atom stereocenters. The maximum atomic E-state index is 10.3. The van der Waals surface area contributed by atoms with Gasteiger partial charge in [0.1, 0.15) is 0 Å². The highest BCUT2D eigenvalue weighted by Crippen LogP contribution is 2.39. The van der Waals surface area contributed by atoms with E-state index < -0.39 is 26.3 Å². The van der Waals surface area contributed by atoms with Crippen molar-refractivity contribution in [2.45, 2.75) is 6.92 Å². The Morgan fingerprint density at radius 2 is 1.88 bits per heavy atom. The van der Waals surface area contributed by atoms with Crippen LogP contribution in [0.3, 0.4) is 0 Å². The molecule has 0 aromatic carbocycles. The molecule has 0 spiro atoms. The van der Waals surface area contributed by atoms with Crippen LogP contribution in [-0.4, -0.2) is 27.1 Å². The van der Waals surface area contributed by atoms with E-state index in [-0.39, 0.29) is 0 Å². The summed E-state index contributed by atoms with van der Waals surface area (Å²) in [5, 5.41) is 0. The molecule has 7 nitrogen and oxygen atoms in total. The van der Waals surface area contributed by atoms with Crippen LogP contribution in [0.15, 0.2) is 18.2 Å². The number of fused-ring (bicyclic) bond motifs is 1. The van der Waals surface area contributed by atoms with Gasteiger partial charge in [0.05, 0.1) is 5.75 Å². The number of anilines is 1. The zero-order chi connectivity index (χ0) is 13.3. The van der Waals surface area contributed by atoms with Gasteiger partial charge in [-0.25, -0.2) is 0 Å². The fourth-order valence-corrected chi connectivity index (χ4v) is 2.39. The van der Waals surface area contributed by atoms with E-state index in [0.29, 0.717) is 0 Å². The number of benzene rings is 1. The summed E-state index contributed by atoms with van der Waals surface area (Å²) < 4.78 is 51.2. The molecule has 0 amide bonds. The van der Waals surface area contributed by atoms with E-state index >= 15 is 0 Å². The molecule has 0 unspecified atom stereocenters. The van der Waals surface area contributed by atoms with Gasteiger partial charge in [-0.15, -0.1) is 3.63 Å². The highest BCUT2D eigenvalue weighted by atomic mass is 32.3. The highest BCUT2D eigenvalue weighted by molar-refractivity contribution is 7.97. The number of nitrogen functional groups attached to an aromatic ring is 1. The summed E-state index contributed by atoms with van der Waals surface area (Å²) in [6.45, 7) is 1.18. The number of nitrogens with two attached hydrogens (primary N) is 1. The lowest BCUT2D eigenvalue weighted by Crippen LogP contribution is -2.13. The highest BCUT2D eigenvalue weighted by Gasteiger charge is 2.17. The number of hydrogen-bond donors (Lipinski definition) is 2. The molecule has 96 valence electrons. The van der Waals surface area contributed by atoms with Crippen molar-refractivity contribution in [1.82, 2.24) is 0 Å². The average Bonchev–Trinajstić information content (AvgIpc) is 2.84. The van der Waals surface area contributed by atoms with Crippen LogP contribution < -0.4 is 5.73 Å². The molecule has 2 aliphatic carbocycles. The lowest BCUT2D eigenvalue weighted by Gasteiger charge is -1.95. The fraction of sp³-hybridized carbons (Fsp3) is 0.250. The monoisotopic (exact) mass is 281 g/mol. The van der Waals surface area contributed by atoms with Crippen LogP contribution >= 0.6 is 0 Å². The quantitative estimate of drug-likeness (QED) is 0.616. The van der Waals surface area contributed by atoms with E-state index in [4.69, 9.17) is 10.3 Å². The van der Waals surface area contributed by atoms with E-state index in [9.17, 15) is 16.8 Å². The SMILES string of the molecule is CCS(=O)(=O)OS(=O)(=O)O.Nc1ccc2cc1-2. The summed E-state index contributed by atoms with van der Waals surface area (Å²) in [7, 11) is -9.00. The Morgan fingerprint density at radius 1 is 1.29 bits per heavy atom. The summed E-state index contributed by atoms with van der Waals surface area (Å²) in [5.74, 6) is -0.507. The molecule has 0 fully saturated rings. The lowest BCUT2D eigenvalue weighted by molar-refractivity contribution is 0.384. The molecular weight excluding hydrogens is 270 g/mol. The van der Waals surface area contributed by atoms with Gasteiger partial charge >= 0.3 is 10.4 Å². The summed E-state index contributed by atoms with van der Waals surface area (Å²) in [5.41, 5.74) is 8.95. The van der Waals surface area contributed by atoms with E-state index in [0.717, 1.165) is 5.69 Å². The van der Waals surface area contributed by atoms with Crippen LogP contribution in [0.5, 0.6) is 0 Å². The van der Waals surface area contributed by atoms with Crippen LogP contribution in [0.2, 0.25) is 0 Å². The topological polar surface area (TPSA) is 124 Å². The zero-order valence-corrected chi connectivity index (χ0v) is 10.5. The van der Waals surface area contributed by atoms with Gasteiger partial charge < -0.3 is 5.73 Å². The smallest absolute Gasteiger partial charge is 0.398 e. The maximum absolute atomic E-state index is 10.3. The third-order valence-electron chi connectivity index (χ3n) is 1.82. The molecule has 0 heterocycles. The minimum atomic E-state index is -4.88. The summed E-state index contributed by atoms with van der Waals surface area (Å²) in [6, 6.07) is 6.05. The Labute approximate surface area is 99.3 Å². The van der Waals surface area contributed by atoms with Crippen molar-refractivity contribution in [3.05, 3.63) is 18.2 Å². The third-order valence-corrected chi connectivity index (χ3v) is 4.05. The first kappa shape index (κ1) is 13.9. The summed E-state index contributed by atoms with van der Waals surface area (Å²) in [6.07, 6.45) is 0. The Morgan fingerprint density at radius 3 is 2.00 bits per heavy atom. The molecule has 2 aliphatic rings. The molecule has 3 N–H and O–H groups in total. The first-order chi connectivity index (χ1) is 7.64.